The van der Waals surface area contributed by atoms with E-state index in [4.69, 9.17) is 14.4 Å². The number of rotatable bonds is 3. The molecule has 0 amide bonds. The Morgan fingerprint density at radius 3 is 2.56 bits per heavy atom. The van der Waals surface area contributed by atoms with E-state index in [1.54, 1.807) is 0 Å². The van der Waals surface area contributed by atoms with E-state index in [2.05, 4.69) is 8.92 Å². The molecule has 1 unspecified atom stereocenters. The second-order valence-electron chi connectivity index (χ2n) is 3.40. The number of epoxide rings is 1. The molecule has 2 rings (SSSR count). The molecule has 0 aromatic heterocycles. The fourth-order valence-electron chi connectivity index (χ4n) is 1.50. The first-order chi connectivity index (χ1) is 7.24. The van der Waals surface area contributed by atoms with Crippen LogP contribution in [0.2, 0.25) is 0 Å². The van der Waals surface area contributed by atoms with Crippen LogP contribution in [0.1, 0.15) is 6.42 Å². The van der Waals surface area contributed by atoms with E-state index < -0.39 is 47.1 Å². The Hall–Kier alpha value is -0.780. The van der Waals surface area contributed by atoms with E-state index in [0.717, 1.165) is 0 Å². The van der Waals surface area contributed by atoms with Crippen molar-refractivity contribution in [3.05, 3.63) is 0 Å². The molecule has 2 fully saturated rings. The van der Waals surface area contributed by atoms with Crippen LogP contribution in [0.5, 0.6) is 0 Å². The molecule has 0 aromatic carbocycles. The normalized spacial score (nSPS) is 42.5. The second kappa shape index (κ2) is 3.35. The van der Waals surface area contributed by atoms with E-state index in [1.165, 1.54) is 0 Å². The zero-order chi connectivity index (χ0) is 12.1. The van der Waals surface area contributed by atoms with Crippen molar-refractivity contribution in [2.75, 3.05) is 0 Å². The first-order valence-corrected chi connectivity index (χ1v) is 5.53. The largest absolute Gasteiger partial charge is 0.479 e. The van der Waals surface area contributed by atoms with Crippen LogP contribution in [0, 0.1) is 0 Å². The van der Waals surface area contributed by atoms with Gasteiger partial charge in [-0.25, -0.2) is 8.98 Å². The monoisotopic (exact) mass is 256 g/mol. The maximum atomic E-state index is 10.6. The smallest absolute Gasteiger partial charge is 0.400 e. The fourth-order valence-corrected chi connectivity index (χ4v) is 2.06. The van der Waals surface area contributed by atoms with Gasteiger partial charge in [0.05, 0.1) is 0 Å². The van der Waals surface area contributed by atoms with Crippen molar-refractivity contribution < 1.29 is 41.6 Å². The third kappa shape index (κ3) is 1.90. The SMILES string of the molecule is O=C(O)C1C[C@@H](O)[C@@]2(OS(=O)(=O)O)O[C@@H]2O1. The van der Waals surface area contributed by atoms with Crippen molar-refractivity contribution in [2.45, 2.75) is 30.7 Å². The molecule has 2 aliphatic heterocycles. The van der Waals surface area contributed by atoms with Gasteiger partial charge in [-0.1, -0.05) is 0 Å². The molecule has 0 bridgehead atoms. The van der Waals surface area contributed by atoms with Gasteiger partial charge in [0.2, 0.25) is 6.29 Å². The zero-order valence-electron chi connectivity index (χ0n) is 7.64. The third-order valence-corrected chi connectivity index (χ3v) is 2.73. The molecular weight excluding hydrogens is 248 g/mol. The minimum Gasteiger partial charge on any atom is -0.479 e. The first kappa shape index (κ1) is 11.7. The molecule has 0 spiro atoms. The Morgan fingerprint density at radius 1 is 1.50 bits per heavy atom. The van der Waals surface area contributed by atoms with Crippen molar-refractivity contribution in [1.82, 2.24) is 0 Å². The molecule has 9 nitrogen and oxygen atoms in total. The van der Waals surface area contributed by atoms with E-state index in [9.17, 15) is 18.3 Å². The van der Waals surface area contributed by atoms with Gasteiger partial charge in [-0.2, -0.15) is 8.42 Å². The Bertz CT molecular complexity index is 416. The van der Waals surface area contributed by atoms with Crippen LogP contribution in [0.25, 0.3) is 0 Å². The molecule has 3 N–H and O–H groups in total. The summed E-state index contributed by atoms with van der Waals surface area (Å²) in [7, 11) is -4.82. The lowest BCUT2D eigenvalue weighted by Crippen LogP contribution is -2.47. The van der Waals surface area contributed by atoms with Gasteiger partial charge in [0.15, 0.2) is 6.10 Å². The van der Waals surface area contributed by atoms with Gasteiger partial charge in [-0.15, -0.1) is 0 Å². The highest BCUT2D eigenvalue weighted by Gasteiger charge is 2.71. The van der Waals surface area contributed by atoms with Crippen molar-refractivity contribution >= 4 is 16.4 Å². The molecule has 2 saturated heterocycles. The molecule has 2 aliphatic rings. The number of fused-ring (bicyclic) bond motifs is 1. The van der Waals surface area contributed by atoms with E-state index >= 15 is 0 Å². The van der Waals surface area contributed by atoms with Crippen LogP contribution >= 0.6 is 0 Å². The minimum absolute atomic E-state index is 0.401. The van der Waals surface area contributed by atoms with Crippen molar-refractivity contribution in [2.24, 2.45) is 0 Å². The van der Waals surface area contributed by atoms with E-state index in [-0.39, 0.29) is 0 Å². The summed E-state index contributed by atoms with van der Waals surface area (Å²) < 4.78 is 42.9. The van der Waals surface area contributed by atoms with Gasteiger partial charge < -0.3 is 19.7 Å². The van der Waals surface area contributed by atoms with Crippen LogP contribution in [-0.4, -0.2) is 53.4 Å². The van der Waals surface area contributed by atoms with Crippen LogP contribution in [0.3, 0.4) is 0 Å². The minimum atomic E-state index is -4.82. The Morgan fingerprint density at radius 2 is 2.12 bits per heavy atom. The van der Waals surface area contributed by atoms with Gasteiger partial charge in [-0.05, 0) is 0 Å². The van der Waals surface area contributed by atoms with E-state index in [0.29, 0.717) is 0 Å². The average Bonchev–Trinajstić information content (AvgIpc) is 2.75. The molecular formula is C6H8O9S. The Labute approximate surface area is 89.5 Å². The molecule has 0 aromatic rings. The molecule has 16 heavy (non-hydrogen) atoms. The maximum absolute atomic E-state index is 10.6. The lowest BCUT2D eigenvalue weighted by molar-refractivity contribution is -0.167. The molecule has 92 valence electrons. The summed E-state index contributed by atoms with van der Waals surface area (Å²) in [5, 5.41) is 18.1. The summed E-state index contributed by atoms with van der Waals surface area (Å²) in [5.41, 5.74) is 0. The Balaban J connectivity index is 2.11. The highest BCUT2D eigenvalue weighted by Crippen LogP contribution is 2.48. The fraction of sp³-hybridized carbons (Fsp3) is 0.833. The van der Waals surface area contributed by atoms with E-state index in [1.807, 2.05) is 0 Å². The van der Waals surface area contributed by atoms with Crippen molar-refractivity contribution in [3.63, 3.8) is 0 Å². The molecule has 0 saturated carbocycles. The second-order valence-corrected chi connectivity index (χ2v) is 4.42. The quantitative estimate of drug-likeness (QED) is 0.389. The predicted octanol–water partition coefficient (Wildman–Crippen LogP) is -1.91. The van der Waals surface area contributed by atoms with Crippen LogP contribution < -0.4 is 0 Å². The standard InChI is InChI=1S/C6H8O9S/c7-3-1-2(4(8)9)13-5-6(3,14-5)15-16(10,11)12/h2-3,5,7H,1H2,(H,8,9)(H,10,11,12)/t2?,3-,5+,6+/m1/s1. The van der Waals surface area contributed by atoms with Gasteiger partial charge in [-0.3, -0.25) is 4.55 Å². The van der Waals surface area contributed by atoms with Crippen molar-refractivity contribution in [3.8, 4) is 0 Å². The van der Waals surface area contributed by atoms with Gasteiger partial charge in [0, 0.05) is 6.42 Å². The highest BCUT2D eigenvalue weighted by molar-refractivity contribution is 7.80. The maximum Gasteiger partial charge on any atom is 0.400 e. The summed E-state index contributed by atoms with van der Waals surface area (Å²) in [6.45, 7) is 0. The number of carboxylic acids is 1. The summed E-state index contributed by atoms with van der Waals surface area (Å²) in [6.07, 6.45) is -4.55. The van der Waals surface area contributed by atoms with Gasteiger partial charge in [0.25, 0.3) is 5.79 Å². The number of aliphatic carboxylic acids is 1. The van der Waals surface area contributed by atoms with Gasteiger partial charge >= 0.3 is 16.4 Å². The number of aliphatic hydroxyl groups excluding tert-OH is 1. The number of carboxylic acid groups (broad SMARTS) is 1. The number of hydrogen-bond acceptors (Lipinski definition) is 7. The summed E-state index contributed by atoms with van der Waals surface area (Å²) in [5.74, 6) is -3.32. The summed E-state index contributed by atoms with van der Waals surface area (Å²) in [4.78, 5) is 10.6. The molecule has 0 radical (unpaired) electrons. The summed E-state index contributed by atoms with van der Waals surface area (Å²) in [6, 6.07) is 0. The number of carbonyl (C=O) groups is 1. The lowest BCUT2D eigenvalue weighted by atomic mass is 10.0. The first-order valence-electron chi connectivity index (χ1n) is 4.17. The number of hydrogen-bond donors (Lipinski definition) is 3. The topological polar surface area (TPSA) is 143 Å². The number of ether oxygens (including phenoxy) is 2. The van der Waals surface area contributed by atoms with Crippen molar-refractivity contribution in [1.29, 1.82) is 0 Å². The van der Waals surface area contributed by atoms with Crippen LogP contribution in [0.15, 0.2) is 0 Å². The Kier molecular flexibility index (Phi) is 2.45. The summed E-state index contributed by atoms with van der Waals surface area (Å²) >= 11 is 0. The molecule has 0 aliphatic carbocycles. The average molecular weight is 256 g/mol. The van der Waals surface area contributed by atoms with Gasteiger partial charge in [0.1, 0.15) is 6.10 Å². The highest BCUT2D eigenvalue weighted by atomic mass is 32.3. The zero-order valence-corrected chi connectivity index (χ0v) is 8.46. The molecule has 4 atom stereocenters. The lowest BCUT2D eigenvalue weighted by Gasteiger charge is -2.25. The van der Waals surface area contributed by atoms with Crippen LogP contribution in [-0.2, 0) is 28.9 Å². The molecule has 10 heteroatoms. The third-order valence-electron chi connectivity index (χ3n) is 2.26. The van der Waals surface area contributed by atoms with Crippen LogP contribution in [0.4, 0.5) is 0 Å². The number of aliphatic hydroxyl groups is 1. The predicted molar refractivity (Wildman–Crippen MR) is 43.4 cm³/mol. The molecule has 2 heterocycles.